The number of nitrogens with one attached hydrogen (secondary N) is 1. The molecular weight excluding hydrogens is 394 g/mol. The van der Waals surface area contributed by atoms with E-state index in [2.05, 4.69) is 46.8 Å². The van der Waals surface area contributed by atoms with Crippen LogP contribution in [0.3, 0.4) is 0 Å². The Morgan fingerprint density at radius 1 is 1.07 bits per heavy atom. The molecule has 0 unspecified atom stereocenters. The SMILES string of the molecule is C=CCN1C(=O)/C(=C\c2cc(C)n(-c3ccc4ccccc4c3)c2C)C(=O)NC1=S. The number of benzene rings is 2. The van der Waals surface area contributed by atoms with Crippen molar-refractivity contribution in [1.29, 1.82) is 0 Å². The smallest absolute Gasteiger partial charge is 0.265 e. The molecule has 0 aliphatic carbocycles. The first-order valence-corrected chi connectivity index (χ1v) is 9.99. The van der Waals surface area contributed by atoms with E-state index in [-0.39, 0.29) is 17.2 Å². The highest BCUT2D eigenvalue weighted by Crippen LogP contribution is 2.26. The van der Waals surface area contributed by atoms with Gasteiger partial charge in [-0.1, -0.05) is 36.4 Å². The Morgan fingerprint density at radius 3 is 2.53 bits per heavy atom. The number of rotatable bonds is 4. The summed E-state index contributed by atoms with van der Waals surface area (Å²) in [4.78, 5) is 26.6. The standard InChI is InChI=1S/C24H21N3O2S/c1-4-11-26-23(29)21(22(28)25-24(26)30)14-19-12-15(2)27(16(19)3)20-10-9-17-7-5-6-8-18(17)13-20/h4-10,12-14H,1,11H2,2-3H3,(H,25,28,30)/b21-14-. The van der Waals surface area contributed by atoms with Gasteiger partial charge in [-0.05, 0) is 66.7 Å². The van der Waals surface area contributed by atoms with Crippen molar-refractivity contribution in [2.24, 2.45) is 0 Å². The van der Waals surface area contributed by atoms with E-state index in [1.165, 1.54) is 10.3 Å². The molecule has 1 aromatic heterocycles. The Labute approximate surface area is 180 Å². The van der Waals surface area contributed by atoms with Gasteiger partial charge in [0.1, 0.15) is 5.57 Å². The number of aryl methyl sites for hydroxylation is 1. The lowest BCUT2D eigenvalue weighted by atomic mass is 10.1. The first kappa shape index (κ1) is 19.8. The molecule has 1 aliphatic rings. The third-order valence-electron chi connectivity index (χ3n) is 5.26. The van der Waals surface area contributed by atoms with Crippen LogP contribution in [0.2, 0.25) is 0 Å². The maximum Gasteiger partial charge on any atom is 0.265 e. The van der Waals surface area contributed by atoms with E-state index in [1.54, 1.807) is 12.2 Å². The van der Waals surface area contributed by atoms with Gasteiger partial charge in [-0.15, -0.1) is 6.58 Å². The van der Waals surface area contributed by atoms with E-state index in [4.69, 9.17) is 12.2 Å². The molecule has 2 amide bonds. The van der Waals surface area contributed by atoms with Gasteiger partial charge in [-0.25, -0.2) is 0 Å². The van der Waals surface area contributed by atoms with Crippen LogP contribution >= 0.6 is 12.2 Å². The molecule has 2 heterocycles. The van der Waals surface area contributed by atoms with Gasteiger partial charge < -0.3 is 4.57 Å². The van der Waals surface area contributed by atoms with Gasteiger partial charge >= 0.3 is 0 Å². The zero-order valence-electron chi connectivity index (χ0n) is 16.8. The van der Waals surface area contributed by atoms with E-state index >= 15 is 0 Å². The average molecular weight is 416 g/mol. The van der Waals surface area contributed by atoms with E-state index in [0.29, 0.717) is 0 Å². The van der Waals surface area contributed by atoms with Crippen LogP contribution in [0.25, 0.3) is 22.5 Å². The van der Waals surface area contributed by atoms with Gasteiger partial charge in [-0.3, -0.25) is 19.8 Å². The quantitative estimate of drug-likeness (QED) is 0.303. The molecule has 4 rings (SSSR count). The minimum atomic E-state index is -0.485. The number of amides is 2. The van der Waals surface area contributed by atoms with Gasteiger partial charge in [0.25, 0.3) is 11.8 Å². The molecule has 0 atom stereocenters. The predicted octanol–water partition coefficient (Wildman–Crippen LogP) is 4.06. The lowest BCUT2D eigenvalue weighted by molar-refractivity contribution is -0.128. The van der Waals surface area contributed by atoms with Crippen molar-refractivity contribution >= 4 is 46.0 Å². The second-order valence-electron chi connectivity index (χ2n) is 7.22. The summed E-state index contributed by atoms with van der Waals surface area (Å²) in [5, 5.41) is 5.01. The fourth-order valence-electron chi connectivity index (χ4n) is 3.79. The zero-order chi connectivity index (χ0) is 21.4. The normalized spacial score (nSPS) is 15.7. The van der Waals surface area contributed by atoms with E-state index in [9.17, 15) is 9.59 Å². The first-order valence-electron chi connectivity index (χ1n) is 9.58. The van der Waals surface area contributed by atoms with Crippen molar-refractivity contribution < 1.29 is 9.59 Å². The Kier molecular flexibility index (Phi) is 5.10. The van der Waals surface area contributed by atoms with E-state index < -0.39 is 11.8 Å². The number of hydrogen-bond acceptors (Lipinski definition) is 3. The summed E-state index contributed by atoms with van der Waals surface area (Å²) in [6.45, 7) is 7.87. The minimum absolute atomic E-state index is 0.0595. The monoisotopic (exact) mass is 415 g/mol. The summed E-state index contributed by atoms with van der Waals surface area (Å²) in [6.07, 6.45) is 3.21. The first-order chi connectivity index (χ1) is 14.4. The molecule has 2 aromatic carbocycles. The molecular formula is C24H21N3O2S. The van der Waals surface area contributed by atoms with Crippen molar-refractivity contribution in [3.63, 3.8) is 0 Å². The van der Waals surface area contributed by atoms with Crippen LogP contribution in [0.5, 0.6) is 0 Å². The fraction of sp³-hybridized carbons (Fsp3) is 0.125. The summed E-state index contributed by atoms with van der Waals surface area (Å²) >= 11 is 5.11. The average Bonchev–Trinajstić information content (AvgIpc) is 3.01. The van der Waals surface area contributed by atoms with Crippen molar-refractivity contribution in [3.05, 3.63) is 83.7 Å². The van der Waals surface area contributed by atoms with Crippen molar-refractivity contribution in [2.45, 2.75) is 13.8 Å². The van der Waals surface area contributed by atoms with Crippen LogP contribution in [0.4, 0.5) is 0 Å². The molecule has 3 aromatic rings. The second-order valence-corrected chi connectivity index (χ2v) is 7.60. The number of carbonyl (C=O) groups excluding carboxylic acids is 2. The molecule has 5 nitrogen and oxygen atoms in total. The summed E-state index contributed by atoms with van der Waals surface area (Å²) in [7, 11) is 0. The number of aromatic nitrogens is 1. The Hall–Kier alpha value is -3.51. The number of carbonyl (C=O) groups is 2. The van der Waals surface area contributed by atoms with E-state index in [1.807, 2.05) is 32.0 Å². The maximum atomic E-state index is 12.8. The highest BCUT2D eigenvalue weighted by Gasteiger charge is 2.32. The molecule has 0 spiro atoms. The Morgan fingerprint density at radius 2 is 1.80 bits per heavy atom. The van der Waals surface area contributed by atoms with Crippen LogP contribution in [0, 0.1) is 13.8 Å². The van der Waals surface area contributed by atoms with Gasteiger partial charge in [-0.2, -0.15) is 0 Å². The summed E-state index contributed by atoms with van der Waals surface area (Å²) in [5.41, 5.74) is 3.85. The molecule has 1 N–H and O–H groups in total. The number of thiocarbonyl (C=S) groups is 1. The fourth-order valence-corrected chi connectivity index (χ4v) is 4.04. The highest BCUT2D eigenvalue weighted by atomic mass is 32.1. The van der Waals surface area contributed by atoms with Crippen LogP contribution in [-0.4, -0.2) is 32.9 Å². The molecule has 1 saturated heterocycles. The molecule has 1 aliphatic heterocycles. The third-order valence-corrected chi connectivity index (χ3v) is 5.58. The lowest BCUT2D eigenvalue weighted by Gasteiger charge is -2.27. The summed E-state index contributed by atoms with van der Waals surface area (Å²) in [6, 6.07) is 16.5. The van der Waals surface area contributed by atoms with Gasteiger partial charge in [0.05, 0.1) is 0 Å². The van der Waals surface area contributed by atoms with Crippen molar-refractivity contribution in [1.82, 2.24) is 14.8 Å². The highest BCUT2D eigenvalue weighted by molar-refractivity contribution is 7.80. The van der Waals surface area contributed by atoms with Crippen molar-refractivity contribution in [2.75, 3.05) is 6.54 Å². The van der Waals surface area contributed by atoms with Gasteiger partial charge in [0.15, 0.2) is 5.11 Å². The van der Waals surface area contributed by atoms with E-state index in [0.717, 1.165) is 28.0 Å². The lowest BCUT2D eigenvalue weighted by Crippen LogP contribution is -2.53. The topological polar surface area (TPSA) is 54.3 Å². The number of nitrogens with zero attached hydrogens (tertiary/aromatic N) is 2. The number of hydrogen-bond donors (Lipinski definition) is 1. The Bertz CT molecular complexity index is 1250. The predicted molar refractivity (Wildman–Crippen MR) is 123 cm³/mol. The number of fused-ring (bicyclic) bond motifs is 1. The zero-order valence-corrected chi connectivity index (χ0v) is 17.6. The van der Waals surface area contributed by atoms with Gasteiger partial charge in [0, 0.05) is 23.6 Å². The largest absolute Gasteiger partial charge is 0.318 e. The molecule has 1 fully saturated rings. The van der Waals surface area contributed by atoms with Gasteiger partial charge in [0.2, 0.25) is 0 Å². The molecule has 6 heteroatoms. The minimum Gasteiger partial charge on any atom is -0.318 e. The molecule has 150 valence electrons. The van der Waals surface area contributed by atoms with Crippen LogP contribution in [-0.2, 0) is 9.59 Å². The molecule has 0 radical (unpaired) electrons. The molecule has 30 heavy (non-hydrogen) atoms. The Balaban J connectivity index is 1.77. The molecule has 0 bridgehead atoms. The summed E-state index contributed by atoms with van der Waals surface area (Å²) < 4.78 is 2.12. The summed E-state index contributed by atoms with van der Waals surface area (Å²) in [5.74, 6) is -0.903. The van der Waals surface area contributed by atoms with Crippen molar-refractivity contribution in [3.8, 4) is 5.69 Å². The maximum absolute atomic E-state index is 12.8. The third kappa shape index (κ3) is 3.35. The molecule has 0 saturated carbocycles. The van der Waals surface area contributed by atoms with Crippen LogP contribution < -0.4 is 5.32 Å². The van der Waals surface area contributed by atoms with Crippen LogP contribution in [0.15, 0.2) is 66.8 Å². The van der Waals surface area contributed by atoms with Crippen LogP contribution in [0.1, 0.15) is 17.0 Å². The second kappa shape index (κ2) is 7.72.